The molecule has 2 atom stereocenters. The topological polar surface area (TPSA) is 56.2 Å². The Morgan fingerprint density at radius 1 is 1.22 bits per heavy atom. The third kappa shape index (κ3) is 3.83. The first kappa shape index (κ1) is 19.4. The predicted molar refractivity (Wildman–Crippen MR) is 100 cm³/mol. The highest BCUT2D eigenvalue weighted by molar-refractivity contribution is 5.68. The molecule has 3 saturated heterocycles. The number of nitrogens with zero attached hydrogens (tertiary/aromatic N) is 3. The van der Waals surface area contributed by atoms with Gasteiger partial charge in [-0.05, 0) is 64.0 Å². The lowest BCUT2D eigenvalue weighted by molar-refractivity contribution is -0.0196. The first-order valence-electron chi connectivity index (χ1n) is 10.7. The number of aliphatic hydroxyl groups excluding tert-OH is 1. The van der Waals surface area contributed by atoms with E-state index in [1.807, 2.05) is 11.8 Å². The summed E-state index contributed by atoms with van der Waals surface area (Å²) < 4.78 is 18.9. The molecule has 7 heteroatoms. The second-order valence-corrected chi connectivity index (χ2v) is 9.07. The molecule has 0 bridgehead atoms. The van der Waals surface area contributed by atoms with Gasteiger partial charge >= 0.3 is 6.09 Å². The molecular formula is C20H34FN3O3. The van der Waals surface area contributed by atoms with Gasteiger partial charge < -0.3 is 19.6 Å². The monoisotopic (exact) mass is 383 g/mol. The van der Waals surface area contributed by atoms with Crippen molar-refractivity contribution in [1.29, 1.82) is 0 Å². The van der Waals surface area contributed by atoms with Crippen molar-refractivity contribution in [3.8, 4) is 0 Å². The fourth-order valence-electron chi connectivity index (χ4n) is 5.93. The van der Waals surface area contributed by atoms with Crippen LogP contribution in [0.4, 0.5) is 9.18 Å². The van der Waals surface area contributed by atoms with Gasteiger partial charge in [-0.3, -0.25) is 4.90 Å². The third-order valence-electron chi connectivity index (χ3n) is 7.40. The van der Waals surface area contributed by atoms with E-state index in [1.165, 1.54) is 12.8 Å². The lowest BCUT2D eigenvalue weighted by atomic mass is 9.64. The van der Waals surface area contributed by atoms with Crippen LogP contribution in [0.2, 0.25) is 0 Å². The van der Waals surface area contributed by atoms with Gasteiger partial charge in [0.1, 0.15) is 6.17 Å². The van der Waals surface area contributed by atoms with Crippen molar-refractivity contribution in [2.24, 2.45) is 5.41 Å². The molecule has 0 unspecified atom stereocenters. The minimum absolute atomic E-state index is 0.0101. The Hall–Kier alpha value is -0.920. The maximum atomic E-state index is 13.7. The van der Waals surface area contributed by atoms with Gasteiger partial charge in [-0.15, -0.1) is 0 Å². The van der Waals surface area contributed by atoms with Gasteiger partial charge in [0.15, 0.2) is 0 Å². The molecule has 3 heterocycles. The van der Waals surface area contributed by atoms with Crippen molar-refractivity contribution in [2.75, 3.05) is 45.9 Å². The number of hydrogen-bond donors (Lipinski definition) is 1. The number of amides is 1. The number of carbonyl (C=O) groups is 1. The molecule has 6 nitrogen and oxygen atoms in total. The summed E-state index contributed by atoms with van der Waals surface area (Å²) in [6, 6.07) is 1.06. The molecule has 0 aromatic heterocycles. The van der Waals surface area contributed by atoms with Gasteiger partial charge in [0, 0.05) is 37.8 Å². The number of rotatable bonds is 4. The standard InChI is InChI=1S/C20H34FN3O3/c1-2-27-19(26)23-8-5-20(14-23)10-18(11-20)22-6-3-16(4-7-22)24-12-15(21)9-17(24)13-25/h15-18,25H,2-14H2,1H3/t15-,17+,18?,20?/m0/s1. The number of hydrogen-bond acceptors (Lipinski definition) is 5. The number of piperidine rings is 1. The summed E-state index contributed by atoms with van der Waals surface area (Å²) in [5.74, 6) is 0. The summed E-state index contributed by atoms with van der Waals surface area (Å²) in [5.41, 5.74) is 0.312. The first-order chi connectivity index (χ1) is 13.0. The summed E-state index contributed by atoms with van der Waals surface area (Å²) in [7, 11) is 0. The van der Waals surface area contributed by atoms with Crippen LogP contribution in [0.1, 0.15) is 45.4 Å². The van der Waals surface area contributed by atoms with E-state index in [0.717, 1.165) is 45.4 Å². The lowest BCUT2D eigenvalue weighted by Gasteiger charge is -2.52. The average molecular weight is 384 g/mol. The summed E-state index contributed by atoms with van der Waals surface area (Å²) >= 11 is 0. The predicted octanol–water partition coefficient (Wildman–Crippen LogP) is 1.87. The maximum Gasteiger partial charge on any atom is 0.409 e. The fourth-order valence-corrected chi connectivity index (χ4v) is 5.93. The van der Waals surface area contributed by atoms with Crippen LogP contribution in [0.5, 0.6) is 0 Å². The summed E-state index contributed by atoms with van der Waals surface area (Å²) in [6.45, 7) is 6.67. The van der Waals surface area contributed by atoms with E-state index >= 15 is 0 Å². The van der Waals surface area contributed by atoms with Crippen LogP contribution in [-0.4, -0.2) is 96.1 Å². The molecule has 0 aromatic carbocycles. The molecule has 0 radical (unpaired) electrons. The molecule has 4 fully saturated rings. The van der Waals surface area contributed by atoms with Crippen LogP contribution in [0.3, 0.4) is 0 Å². The highest BCUT2D eigenvalue weighted by atomic mass is 19.1. The summed E-state index contributed by atoms with van der Waals surface area (Å²) in [5, 5.41) is 9.53. The van der Waals surface area contributed by atoms with Crippen LogP contribution < -0.4 is 0 Å². The zero-order valence-electron chi connectivity index (χ0n) is 16.5. The molecule has 27 heavy (non-hydrogen) atoms. The second kappa shape index (κ2) is 7.84. The van der Waals surface area contributed by atoms with Crippen LogP contribution in [0, 0.1) is 5.41 Å². The van der Waals surface area contributed by atoms with Crippen molar-refractivity contribution >= 4 is 6.09 Å². The quantitative estimate of drug-likeness (QED) is 0.803. The number of likely N-dealkylation sites (tertiary alicyclic amines) is 3. The normalized spacial score (nSPS) is 38.5. The maximum absolute atomic E-state index is 13.7. The minimum atomic E-state index is -0.781. The molecule has 1 amide bonds. The van der Waals surface area contributed by atoms with Crippen LogP contribution >= 0.6 is 0 Å². The molecule has 4 aliphatic rings. The minimum Gasteiger partial charge on any atom is -0.450 e. The Balaban J connectivity index is 1.22. The number of halogens is 1. The van der Waals surface area contributed by atoms with Crippen molar-refractivity contribution in [3.05, 3.63) is 0 Å². The zero-order chi connectivity index (χ0) is 19.0. The summed E-state index contributed by atoms with van der Waals surface area (Å²) in [6.07, 6.45) is 5.15. The molecule has 154 valence electrons. The number of aliphatic hydroxyl groups is 1. The van der Waals surface area contributed by atoms with E-state index in [9.17, 15) is 14.3 Å². The van der Waals surface area contributed by atoms with Gasteiger partial charge in [0.05, 0.1) is 13.2 Å². The van der Waals surface area contributed by atoms with Gasteiger partial charge in [-0.2, -0.15) is 0 Å². The number of alkyl halides is 1. The van der Waals surface area contributed by atoms with E-state index in [-0.39, 0.29) is 18.7 Å². The van der Waals surface area contributed by atoms with E-state index in [4.69, 9.17) is 4.74 Å². The van der Waals surface area contributed by atoms with E-state index in [1.54, 1.807) is 0 Å². The smallest absolute Gasteiger partial charge is 0.409 e. The number of ether oxygens (including phenoxy) is 1. The molecule has 1 aliphatic carbocycles. The van der Waals surface area contributed by atoms with Crippen molar-refractivity contribution < 1.29 is 19.0 Å². The van der Waals surface area contributed by atoms with Gasteiger partial charge in [-0.1, -0.05) is 0 Å². The van der Waals surface area contributed by atoms with Gasteiger partial charge in [-0.25, -0.2) is 9.18 Å². The number of carbonyl (C=O) groups excluding carboxylic acids is 1. The fraction of sp³-hybridized carbons (Fsp3) is 0.950. The molecule has 1 saturated carbocycles. The Kier molecular flexibility index (Phi) is 5.63. The molecule has 3 aliphatic heterocycles. The van der Waals surface area contributed by atoms with Gasteiger partial charge in [0.2, 0.25) is 0 Å². The Morgan fingerprint density at radius 2 is 1.96 bits per heavy atom. The highest BCUT2D eigenvalue weighted by Gasteiger charge is 2.51. The van der Waals surface area contributed by atoms with Crippen molar-refractivity contribution in [2.45, 2.75) is 69.7 Å². The zero-order valence-corrected chi connectivity index (χ0v) is 16.5. The van der Waals surface area contributed by atoms with Crippen LogP contribution in [0.15, 0.2) is 0 Å². The second-order valence-electron chi connectivity index (χ2n) is 9.07. The average Bonchev–Trinajstić information content (AvgIpc) is 3.25. The molecule has 0 aromatic rings. The van der Waals surface area contributed by atoms with E-state index in [2.05, 4.69) is 9.80 Å². The highest BCUT2D eigenvalue weighted by Crippen LogP contribution is 2.50. The van der Waals surface area contributed by atoms with Crippen molar-refractivity contribution in [3.63, 3.8) is 0 Å². The van der Waals surface area contributed by atoms with Gasteiger partial charge in [0.25, 0.3) is 0 Å². The van der Waals surface area contributed by atoms with E-state index in [0.29, 0.717) is 37.1 Å². The molecular weight excluding hydrogens is 349 g/mol. The Bertz CT molecular complexity index is 535. The largest absolute Gasteiger partial charge is 0.450 e. The molecule has 4 rings (SSSR count). The first-order valence-corrected chi connectivity index (χ1v) is 10.7. The molecule has 1 spiro atoms. The summed E-state index contributed by atoms with van der Waals surface area (Å²) in [4.78, 5) is 18.6. The lowest BCUT2D eigenvalue weighted by Crippen LogP contribution is -2.56. The Morgan fingerprint density at radius 3 is 2.63 bits per heavy atom. The Labute approximate surface area is 161 Å². The molecule has 1 N–H and O–H groups in total. The third-order valence-corrected chi connectivity index (χ3v) is 7.40. The van der Waals surface area contributed by atoms with Crippen molar-refractivity contribution in [1.82, 2.24) is 14.7 Å². The van der Waals surface area contributed by atoms with Crippen LogP contribution in [0.25, 0.3) is 0 Å². The van der Waals surface area contributed by atoms with E-state index < -0.39 is 6.17 Å². The van der Waals surface area contributed by atoms with Crippen LogP contribution in [-0.2, 0) is 4.74 Å². The SMILES string of the molecule is CCOC(=O)N1CCC2(CC(N3CCC(N4C[C@@H](F)C[C@@H]4CO)CC3)C2)C1.